The summed E-state index contributed by atoms with van der Waals surface area (Å²) in [7, 11) is 1.36. The van der Waals surface area contributed by atoms with Gasteiger partial charge in [-0.1, -0.05) is 25.2 Å². The molecule has 14 heavy (non-hydrogen) atoms. The number of fused-ring (bicyclic) bond motifs is 1. The minimum atomic E-state index is -0.552. The Balaban J connectivity index is 0.000000461. The Kier molecular flexibility index (Phi) is 3.13. The van der Waals surface area contributed by atoms with E-state index in [1.165, 1.54) is 12.6 Å². The Morgan fingerprint density at radius 1 is 1.36 bits per heavy atom. The Labute approximate surface area is 83.5 Å². The highest BCUT2D eigenvalue weighted by Crippen LogP contribution is 1.97. The summed E-state index contributed by atoms with van der Waals surface area (Å²) in [4.78, 5) is 26.2. The fraction of sp³-hybridized carbons (Fsp3) is 0.429. The standard InChI is InChI=1S/C5H4N4O2S.C2H6/c1-8-3(10)7-4-9(5(8)11)6-2-12-4;1-2/h2H,1H3;1-2H3. The van der Waals surface area contributed by atoms with Crippen LogP contribution in [-0.4, -0.2) is 19.2 Å². The second kappa shape index (κ2) is 4.14. The molecule has 2 aromatic rings. The summed E-state index contributed by atoms with van der Waals surface area (Å²) in [5.41, 5.74) is 0.443. The van der Waals surface area contributed by atoms with Crippen molar-refractivity contribution in [3.8, 4) is 0 Å². The summed E-state index contributed by atoms with van der Waals surface area (Å²) in [6, 6.07) is 0. The quantitative estimate of drug-likeness (QED) is 0.613. The molecule has 2 heterocycles. The van der Waals surface area contributed by atoms with Crippen molar-refractivity contribution in [1.29, 1.82) is 0 Å². The summed E-state index contributed by atoms with van der Waals surface area (Å²) >= 11 is 1.15. The summed E-state index contributed by atoms with van der Waals surface area (Å²) in [5.74, 6) is 0. The van der Waals surface area contributed by atoms with Crippen LogP contribution in [-0.2, 0) is 7.05 Å². The van der Waals surface area contributed by atoms with Gasteiger partial charge in [-0.3, -0.25) is 0 Å². The van der Waals surface area contributed by atoms with Gasteiger partial charge in [-0.25, -0.2) is 14.2 Å². The zero-order valence-electron chi connectivity index (χ0n) is 8.09. The summed E-state index contributed by atoms with van der Waals surface area (Å²) in [6.07, 6.45) is 0. The van der Waals surface area contributed by atoms with Crippen LogP contribution in [0.1, 0.15) is 13.8 Å². The van der Waals surface area contributed by atoms with E-state index in [1.54, 1.807) is 0 Å². The minimum Gasteiger partial charge on any atom is -0.245 e. The zero-order chi connectivity index (χ0) is 10.7. The topological polar surface area (TPSA) is 69.3 Å². The van der Waals surface area contributed by atoms with Crippen molar-refractivity contribution >= 4 is 16.3 Å². The van der Waals surface area contributed by atoms with Gasteiger partial charge in [-0.2, -0.15) is 14.6 Å². The Hall–Kier alpha value is -1.50. The molecule has 0 amide bonds. The van der Waals surface area contributed by atoms with Crippen LogP contribution in [0.4, 0.5) is 0 Å². The molecular formula is C7H10N4O2S. The lowest BCUT2D eigenvalue weighted by atomic mass is 10.9. The van der Waals surface area contributed by atoms with Crippen LogP contribution in [0, 0.1) is 0 Å². The van der Waals surface area contributed by atoms with Crippen molar-refractivity contribution in [3.63, 3.8) is 0 Å². The van der Waals surface area contributed by atoms with Crippen molar-refractivity contribution < 1.29 is 0 Å². The second-order valence-corrected chi connectivity index (χ2v) is 2.98. The van der Waals surface area contributed by atoms with Crippen LogP contribution >= 0.6 is 11.3 Å². The van der Waals surface area contributed by atoms with Crippen molar-refractivity contribution in [2.45, 2.75) is 13.8 Å². The fourth-order valence-corrected chi connectivity index (χ4v) is 1.39. The number of hydrogen-bond donors (Lipinski definition) is 0. The molecule has 0 unspecified atom stereocenters. The molecule has 0 aliphatic heterocycles. The van der Waals surface area contributed by atoms with E-state index < -0.39 is 11.4 Å². The molecule has 0 atom stereocenters. The average Bonchev–Trinajstić information content (AvgIpc) is 2.65. The van der Waals surface area contributed by atoms with E-state index in [2.05, 4.69) is 10.1 Å². The SMILES string of the molecule is CC.Cn1c(=O)nc2scnn2c1=O. The van der Waals surface area contributed by atoms with E-state index in [1.807, 2.05) is 13.8 Å². The van der Waals surface area contributed by atoms with E-state index >= 15 is 0 Å². The lowest BCUT2D eigenvalue weighted by molar-refractivity contribution is 0.688. The predicted octanol–water partition coefficient (Wildman–Crippen LogP) is -0.124. The Morgan fingerprint density at radius 3 is 2.64 bits per heavy atom. The van der Waals surface area contributed by atoms with Crippen LogP contribution in [0.5, 0.6) is 0 Å². The highest BCUT2D eigenvalue weighted by Gasteiger charge is 2.04. The predicted molar refractivity (Wildman–Crippen MR) is 53.7 cm³/mol. The number of nitrogens with zero attached hydrogens (tertiary/aromatic N) is 4. The molecule has 0 bridgehead atoms. The smallest absolute Gasteiger partial charge is 0.245 e. The molecule has 0 saturated carbocycles. The molecule has 0 fully saturated rings. The van der Waals surface area contributed by atoms with Gasteiger partial charge in [0.25, 0.3) is 0 Å². The zero-order valence-corrected chi connectivity index (χ0v) is 8.91. The number of hydrogen-bond acceptors (Lipinski definition) is 5. The normalized spacial score (nSPS) is 9.64. The Morgan fingerprint density at radius 2 is 2.00 bits per heavy atom. The molecule has 0 radical (unpaired) electrons. The monoisotopic (exact) mass is 214 g/mol. The highest BCUT2D eigenvalue weighted by molar-refractivity contribution is 7.14. The van der Waals surface area contributed by atoms with Crippen LogP contribution in [0.3, 0.4) is 0 Å². The molecule has 0 aliphatic carbocycles. The average molecular weight is 214 g/mol. The van der Waals surface area contributed by atoms with Gasteiger partial charge in [-0.15, -0.1) is 0 Å². The molecule has 6 nitrogen and oxygen atoms in total. The molecule has 0 saturated heterocycles. The third-order valence-corrected chi connectivity index (χ3v) is 2.12. The maximum absolute atomic E-state index is 11.2. The van der Waals surface area contributed by atoms with Gasteiger partial charge >= 0.3 is 11.4 Å². The largest absolute Gasteiger partial charge is 0.355 e. The second-order valence-electron chi connectivity index (χ2n) is 2.17. The first kappa shape index (κ1) is 10.6. The van der Waals surface area contributed by atoms with Gasteiger partial charge in [-0.05, 0) is 0 Å². The van der Waals surface area contributed by atoms with Crippen molar-refractivity contribution in [2.75, 3.05) is 0 Å². The minimum absolute atomic E-state index is 0.322. The molecule has 76 valence electrons. The van der Waals surface area contributed by atoms with E-state index in [0.29, 0.717) is 4.96 Å². The van der Waals surface area contributed by atoms with Crippen LogP contribution < -0.4 is 11.4 Å². The van der Waals surface area contributed by atoms with Gasteiger partial charge in [0.1, 0.15) is 5.51 Å². The molecule has 7 heteroatoms. The summed E-state index contributed by atoms with van der Waals surface area (Å²) < 4.78 is 2.00. The summed E-state index contributed by atoms with van der Waals surface area (Å²) in [6.45, 7) is 4.00. The molecule has 0 spiro atoms. The molecule has 2 rings (SSSR count). The number of aromatic nitrogens is 4. The van der Waals surface area contributed by atoms with Crippen LogP contribution in [0.2, 0.25) is 0 Å². The number of rotatable bonds is 0. The van der Waals surface area contributed by atoms with Gasteiger partial charge in [0.15, 0.2) is 0 Å². The van der Waals surface area contributed by atoms with Gasteiger partial charge in [0.05, 0.1) is 0 Å². The van der Waals surface area contributed by atoms with Crippen molar-refractivity contribution in [3.05, 3.63) is 26.5 Å². The van der Waals surface area contributed by atoms with Crippen LogP contribution in [0.25, 0.3) is 4.96 Å². The van der Waals surface area contributed by atoms with E-state index in [9.17, 15) is 9.59 Å². The fourth-order valence-electron chi connectivity index (χ4n) is 0.803. The molecular weight excluding hydrogens is 204 g/mol. The molecule has 2 aromatic heterocycles. The van der Waals surface area contributed by atoms with Crippen LogP contribution in [0.15, 0.2) is 15.1 Å². The van der Waals surface area contributed by atoms with E-state index in [4.69, 9.17) is 0 Å². The van der Waals surface area contributed by atoms with Gasteiger partial charge < -0.3 is 0 Å². The molecule has 0 N–H and O–H groups in total. The van der Waals surface area contributed by atoms with E-state index in [-0.39, 0.29) is 0 Å². The lowest BCUT2D eigenvalue weighted by Crippen LogP contribution is -2.36. The maximum Gasteiger partial charge on any atom is 0.355 e. The first-order valence-corrected chi connectivity index (χ1v) is 4.97. The Bertz CT molecular complexity index is 538. The maximum atomic E-state index is 11.2. The summed E-state index contributed by atoms with van der Waals surface area (Å²) in [5, 5.41) is 3.72. The molecule has 0 aromatic carbocycles. The molecule has 0 aliphatic rings. The van der Waals surface area contributed by atoms with E-state index in [0.717, 1.165) is 20.4 Å². The lowest BCUT2D eigenvalue weighted by Gasteiger charge is -1.92. The van der Waals surface area contributed by atoms with Crippen molar-refractivity contribution in [1.82, 2.24) is 19.2 Å². The van der Waals surface area contributed by atoms with Gasteiger partial charge in [0.2, 0.25) is 4.96 Å². The highest BCUT2D eigenvalue weighted by atomic mass is 32.1. The first-order chi connectivity index (χ1) is 6.70. The first-order valence-electron chi connectivity index (χ1n) is 4.10. The third kappa shape index (κ3) is 1.58. The van der Waals surface area contributed by atoms with Gasteiger partial charge in [0, 0.05) is 7.05 Å². The third-order valence-electron chi connectivity index (χ3n) is 1.45. The van der Waals surface area contributed by atoms with Crippen molar-refractivity contribution in [2.24, 2.45) is 7.05 Å².